The Kier molecular flexibility index (Phi) is 4.71. The molecule has 0 radical (unpaired) electrons. The maximum absolute atomic E-state index is 12.5. The number of nitrogens with zero attached hydrogens (tertiary/aromatic N) is 4. The van der Waals surface area contributed by atoms with E-state index in [0.29, 0.717) is 18.1 Å². The molecule has 1 aliphatic heterocycles. The fourth-order valence-electron chi connectivity index (χ4n) is 3.06. The van der Waals surface area contributed by atoms with Crippen LogP contribution >= 0.6 is 11.6 Å². The number of carbonyl (C=O) groups excluding carboxylic acids is 1. The Labute approximate surface area is 140 Å². The average molecular weight is 337 g/mol. The summed E-state index contributed by atoms with van der Waals surface area (Å²) in [6.07, 6.45) is 6.95. The molecular weight excluding hydrogens is 316 g/mol. The highest BCUT2D eigenvalue weighted by molar-refractivity contribution is 6.29. The number of aromatic nitrogens is 3. The number of hydrogen-bond donors (Lipinski definition) is 0. The first-order valence-electron chi connectivity index (χ1n) is 7.94. The van der Waals surface area contributed by atoms with Gasteiger partial charge in [-0.3, -0.25) is 9.48 Å². The van der Waals surface area contributed by atoms with Crippen LogP contribution in [-0.2, 0) is 11.2 Å². The molecule has 23 heavy (non-hydrogen) atoms. The van der Waals surface area contributed by atoms with E-state index in [1.165, 1.54) is 0 Å². The monoisotopic (exact) mass is 336 g/mol. The van der Waals surface area contributed by atoms with E-state index >= 15 is 0 Å². The molecule has 3 rings (SSSR count). The van der Waals surface area contributed by atoms with Crippen LogP contribution in [0.25, 0.3) is 0 Å². The minimum atomic E-state index is 0.148. The summed E-state index contributed by atoms with van der Waals surface area (Å²) in [5.74, 6) is 0.148. The lowest BCUT2D eigenvalue weighted by molar-refractivity contribution is -0.132. The van der Waals surface area contributed by atoms with Gasteiger partial charge in [0, 0.05) is 31.3 Å². The predicted molar refractivity (Wildman–Crippen MR) is 86.4 cm³/mol. The molecule has 1 atom stereocenters. The molecule has 124 valence electrons. The van der Waals surface area contributed by atoms with Gasteiger partial charge in [0.25, 0.3) is 0 Å². The number of hydrogen-bond acceptors (Lipinski definition) is 4. The Hall–Kier alpha value is -1.82. The van der Waals surface area contributed by atoms with Crippen molar-refractivity contribution in [3.05, 3.63) is 34.4 Å². The lowest BCUT2D eigenvalue weighted by atomic mass is 10.0. The van der Waals surface area contributed by atoms with Crippen LogP contribution in [0.3, 0.4) is 0 Å². The van der Waals surface area contributed by atoms with Crippen molar-refractivity contribution >= 4 is 17.5 Å². The molecule has 3 heterocycles. The molecule has 0 aromatic carbocycles. The van der Waals surface area contributed by atoms with Gasteiger partial charge in [-0.05, 0) is 50.3 Å². The van der Waals surface area contributed by atoms with E-state index < -0.39 is 0 Å². The predicted octanol–water partition coefficient (Wildman–Crippen LogP) is 2.94. The van der Waals surface area contributed by atoms with Crippen molar-refractivity contribution < 1.29 is 9.32 Å². The normalized spacial score (nSPS) is 18.4. The number of carbonyl (C=O) groups is 1. The Morgan fingerprint density at radius 2 is 2.30 bits per heavy atom. The number of halogens is 1. The molecule has 1 amide bonds. The summed E-state index contributed by atoms with van der Waals surface area (Å²) in [5.41, 5.74) is 2.73. The van der Waals surface area contributed by atoms with Crippen molar-refractivity contribution in [2.24, 2.45) is 0 Å². The first kappa shape index (κ1) is 16.1. The zero-order valence-electron chi connectivity index (χ0n) is 13.5. The highest BCUT2D eigenvalue weighted by atomic mass is 35.5. The van der Waals surface area contributed by atoms with Crippen molar-refractivity contribution in [3.8, 4) is 0 Å². The summed E-state index contributed by atoms with van der Waals surface area (Å²) in [6.45, 7) is 5.40. The quantitative estimate of drug-likeness (QED) is 0.861. The number of amides is 1. The molecule has 0 aliphatic carbocycles. The lowest BCUT2D eigenvalue weighted by Gasteiger charge is -2.33. The Morgan fingerprint density at radius 1 is 1.48 bits per heavy atom. The van der Waals surface area contributed by atoms with Crippen molar-refractivity contribution in [2.45, 2.75) is 45.6 Å². The van der Waals surface area contributed by atoms with Gasteiger partial charge in [-0.15, -0.1) is 0 Å². The maximum Gasteiger partial charge on any atom is 0.229 e. The van der Waals surface area contributed by atoms with Crippen LogP contribution in [0.1, 0.15) is 42.1 Å². The molecule has 0 unspecified atom stereocenters. The van der Waals surface area contributed by atoms with Gasteiger partial charge in [0.15, 0.2) is 0 Å². The van der Waals surface area contributed by atoms with E-state index in [1.54, 1.807) is 0 Å². The van der Waals surface area contributed by atoms with Crippen molar-refractivity contribution in [1.82, 2.24) is 19.8 Å². The molecular formula is C16H21ClN4O2. The number of aryl methyl sites for hydroxylation is 2. The van der Waals surface area contributed by atoms with Gasteiger partial charge < -0.3 is 9.42 Å². The van der Waals surface area contributed by atoms with Crippen LogP contribution < -0.4 is 0 Å². The minimum absolute atomic E-state index is 0.148. The molecule has 2 aromatic rings. The Balaban J connectivity index is 1.59. The maximum atomic E-state index is 12.5. The van der Waals surface area contributed by atoms with E-state index in [-0.39, 0.29) is 11.9 Å². The summed E-state index contributed by atoms with van der Waals surface area (Å²) in [4.78, 5) is 14.4. The molecule has 6 nitrogen and oxygen atoms in total. The molecule has 1 aliphatic rings. The standard InChI is InChI=1S/C16H21ClN4O2/c1-11-8-18-21(9-11)13-4-3-7-20(10-13)15(22)6-5-14-12(2)19-23-16(14)17/h8-9,13H,3-7,10H2,1-2H3/t13-/m1/s1. The Morgan fingerprint density at radius 3 is 2.96 bits per heavy atom. The molecule has 0 bridgehead atoms. The van der Waals surface area contributed by atoms with E-state index in [9.17, 15) is 4.79 Å². The number of piperidine rings is 1. The van der Waals surface area contributed by atoms with Crippen molar-refractivity contribution in [2.75, 3.05) is 13.1 Å². The molecule has 0 N–H and O–H groups in total. The molecule has 0 saturated carbocycles. The van der Waals surface area contributed by atoms with Crippen LogP contribution in [0, 0.1) is 13.8 Å². The molecule has 1 fully saturated rings. The second-order valence-corrected chi connectivity index (χ2v) is 6.50. The fourth-order valence-corrected chi connectivity index (χ4v) is 3.33. The highest BCUT2D eigenvalue weighted by Crippen LogP contribution is 2.24. The van der Waals surface area contributed by atoms with Gasteiger partial charge in [0.05, 0.1) is 17.9 Å². The van der Waals surface area contributed by atoms with Crippen LogP contribution in [-0.4, -0.2) is 38.8 Å². The van der Waals surface area contributed by atoms with E-state index in [0.717, 1.165) is 42.8 Å². The van der Waals surface area contributed by atoms with Gasteiger partial charge in [-0.1, -0.05) is 5.16 Å². The van der Waals surface area contributed by atoms with Crippen molar-refractivity contribution in [3.63, 3.8) is 0 Å². The van der Waals surface area contributed by atoms with Crippen molar-refractivity contribution in [1.29, 1.82) is 0 Å². The summed E-state index contributed by atoms with van der Waals surface area (Å²) in [5, 5.41) is 8.49. The molecule has 1 saturated heterocycles. The summed E-state index contributed by atoms with van der Waals surface area (Å²) >= 11 is 5.95. The summed E-state index contributed by atoms with van der Waals surface area (Å²) in [6, 6.07) is 0.266. The lowest BCUT2D eigenvalue weighted by Crippen LogP contribution is -2.41. The smallest absolute Gasteiger partial charge is 0.229 e. The zero-order valence-corrected chi connectivity index (χ0v) is 14.2. The van der Waals surface area contributed by atoms with E-state index in [2.05, 4.69) is 10.3 Å². The largest absolute Gasteiger partial charge is 0.344 e. The second kappa shape index (κ2) is 6.74. The van der Waals surface area contributed by atoms with Gasteiger partial charge >= 0.3 is 0 Å². The van der Waals surface area contributed by atoms with Gasteiger partial charge in [0.2, 0.25) is 11.1 Å². The topological polar surface area (TPSA) is 64.2 Å². The SMILES string of the molecule is Cc1cnn([C@@H]2CCCN(C(=O)CCc3c(C)noc3Cl)C2)c1. The van der Waals surface area contributed by atoms with Gasteiger partial charge in [-0.25, -0.2) is 0 Å². The van der Waals surface area contributed by atoms with Gasteiger partial charge in [0.1, 0.15) is 0 Å². The third kappa shape index (κ3) is 3.58. The summed E-state index contributed by atoms with van der Waals surface area (Å²) < 4.78 is 6.91. The van der Waals surface area contributed by atoms with Crippen LogP contribution in [0.15, 0.2) is 16.9 Å². The third-order valence-electron chi connectivity index (χ3n) is 4.38. The van der Waals surface area contributed by atoms with Crippen LogP contribution in [0.4, 0.5) is 0 Å². The molecule has 0 spiro atoms. The second-order valence-electron chi connectivity index (χ2n) is 6.15. The fraction of sp³-hybridized carbons (Fsp3) is 0.562. The van der Waals surface area contributed by atoms with Crippen LogP contribution in [0.2, 0.25) is 5.22 Å². The molecule has 7 heteroatoms. The first-order chi connectivity index (χ1) is 11.0. The minimum Gasteiger partial charge on any atom is -0.344 e. The van der Waals surface area contributed by atoms with E-state index in [4.69, 9.17) is 16.1 Å². The summed E-state index contributed by atoms with van der Waals surface area (Å²) in [7, 11) is 0. The third-order valence-corrected chi connectivity index (χ3v) is 4.68. The molecule has 2 aromatic heterocycles. The van der Waals surface area contributed by atoms with Crippen LogP contribution in [0.5, 0.6) is 0 Å². The zero-order chi connectivity index (χ0) is 16.4. The number of likely N-dealkylation sites (tertiary alicyclic amines) is 1. The van der Waals surface area contributed by atoms with E-state index in [1.807, 2.05) is 35.8 Å². The van der Waals surface area contributed by atoms with Gasteiger partial charge in [-0.2, -0.15) is 5.10 Å². The Bertz CT molecular complexity index is 675. The first-order valence-corrected chi connectivity index (χ1v) is 8.31. The number of rotatable bonds is 4. The average Bonchev–Trinajstić information content (AvgIpc) is 3.12. The highest BCUT2D eigenvalue weighted by Gasteiger charge is 2.25.